The fourth-order valence-electron chi connectivity index (χ4n) is 1.81. The van der Waals surface area contributed by atoms with Crippen molar-refractivity contribution in [3.05, 3.63) is 65.2 Å². The summed E-state index contributed by atoms with van der Waals surface area (Å²) in [5, 5.41) is 8.14. The first kappa shape index (κ1) is 14.0. The fourth-order valence-corrected chi connectivity index (χ4v) is 1.81. The quantitative estimate of drug-likeness (QED) is 0.614. The van der Waals surface area contributed by atoms with Crippen molar-refractivity contribution < 1.29 is 0 Å². The van der Waals surface area contributed by atoms with E-state index >= 15 is 0 Å². The van der Waals surface area contributed by atoms with Gasteiger partial charge in [0.2, 0.25) is 0 Å². The normalized spacial score (nSPS) is 11.3. The molecule has 2 aromatic rings. The topological polar surface area (TPSA) is 28.0 Å². The number of hydrogen-bond donors (Lipinski definition) is 0. The van der Waals surface area contributed by atoms with Crippen molar-refractivity contribution in [3.8, 4) is 0 Å². The maximum atomic E-state index is 4.07. The van der Waals surface area contributed by atoms with E-state index in [0.717, 1.165) is 11.1 Å². The number of hydrogen-bond acceptors (Lipinski definition) is 3. The van der Waals surface area contributed by atoms with Crippen molar-refractivity contribution in [2.24, 2.45) is 10.2 Å². The van der Waals surface area contributed by atoms with Gasteiger partial charge in [-0.2, -0.15) is 10.2 Å². The lowest BCUT2D eigenvalue weighted by Gasteiger charge is -2.11. The van der Waals surface area contributed by atoms with Gasteiger partial charge >= 0.3 is 0 Å². The lowest BCUT2D eigenvalue weighted by Crippen LogP contribution is -2.08. The van der Waals surface area contributed by atoms with Crippen LogP contribution in [0.4, 0.5) is 5.69 Å². The maximum absolute atomic E-state index is 4.07. The Morgan fingerprint density at radius 3 is 2.10 bits per heavy atom. The summed E-state index contributed by atoms with van der Waals surface area (Å²) in [6.07, 6.45) is 3.52. The molecular formula is C17H19N3. The molecule has 102 valence electrons. The molecule has 0 saturated carbocycles. The van der Waals surface area contributed by atoms with Crippen LogP contribution < -0.4 is 4.90 Å². The molecule has 2 aromatic carbocycles. The van der Waals surface area contributed by atoms with Gasteiger partial charge in [0.05, 0.1) is 12.4 Å². The number of aryl methyl sites for hydroxylation is 1. The lowest BCUT2D eigenvalue weighted by atomic mass is 10.2. The van der Waals surface area contributed by atoms with Gasteiger partial charge in [0, 0.05) is 19.8 Å². The molecular weight excluding hydrogens is 246 g/mol. The third kappa shape index (κ3) is 4.05. The van der Waals surface area contributed by atoms with E-state index in [0.29, 0.717) is 0 Å². The Hall–Kier alpha value is -2.42. The van der Waals surface area contributed by atoms with Gasteiger partial charge in [-0.15, -0.1) is 0 Å². The standard InChI is InChI=1S/C17H19N3/c1-14-5-4-6-16(11-14)13-19-18-12-15-7-9-17(10-8-15)20(2)3/h4-13H,1-3H3/b18-12+,19-13+. The summed E-state index contributed by atoms with van der Waals surface area (Å²) in [5.41, 5.74) is 4.49. The molecule has 0 heterocycles. The maximum Gasteiger partial charge on any atom is 0.0568 e. The van der Waals surface area contributed by atoms with Crippen LogP contribution >= 0.6 is 0 Å². The highest BCUT2D eigenvalue weighted by atomic mass is 15.2. The zero-order valence-corrected chi connectivity index (χ0v) is 12.1. The summed E-state index contributed by atoms with van der Waals surface area (Å²) in [7, 11) is 4.05. The first-order chi connectivity index (χ1) is 9.65. The Balaban J connectivity index is 1.99. The van der Waals surface area contributed by atoms with Gasteiger partial charge < -0.3 is 4.90 Å². The summed E-state index contributed by atoms with van der Waals surface area (Å²) < 4.78 is 0. The molecule has 2 rings (SSSR count). The molecule has 0 N–H and O–H groups in total. The molecule has 0 amide bonds. The van der Waals surface area contributed by atoms with Gasteiger partial charge in [-0.1, -0.05) is 42.0 Å². The van der Waals surface area contributed by atoms with E-state index in [2.05, 4.69) is 46.3 Å². The molecule has 0 radical (unpaired) electrons. The number of rotatable bonds is 4. The van der Waals surface area contributed by atoms with E-state index in [1.807, 2.05) is 38.4 Å². The van der Waals surface area contributed by atoms with E-state index in [1.165, 1.54) is 11.3 Å². The molecule has 20 heavy (non-hydrogen) atoms. The molecule has 0 fully saturated rings. The average molecular weight is 265 g/mol. The molecule has 3 nitrogen and oxygen atoms in total. The van der Waals surface area contributed by atoms with Gasteiger partial charge in [0.25, 0.3) is 0 Å². The van der Waals surface area contributed by atoms with Crippen LogP contribution in [-0.4, -0.2) is 26.5 Å². The molecule has 0 aliphatic rings. The van der Waals surface area contributed by atoms with Crippen LogP contribution in [-0.2, 0) is 0 Å². The van der Waals surface area contributed by atoms with Crippen molar-refractivity contribution >= 4 is 18.1 Å². The van der Waals surface area contributed by atoms with Crippen LogP contribution in [0.15, 0.2) is 58.7 Å². The highest BCUT2D eigenvalue weighted by Crippen LogP contribution is 2.10. The second-order valence-electron chi connectivity index (χ2n) is 4.89. The SMILES string of the molecule is Cc1cccc(/C=N/N=C/c2ccc(N(C)C)cc2)c1. The Bertz CT molecular complexity index is 610. The summed E-state index contributed by atoms with van der Waals surface area (Å²) in [6.45, 7) is 2.06. The van der Waals surface area contributed by atoms with Gasteiger partial charge in [0.1, 0.15) is 0 Å². The Morgan fingerprint density at radius 2 is 1.50 bits per heavy atom. The van der Waals surface area contributed by atoms with E-state index in [4.69, 9.17) is 0 Å². The Morgan fingerprint density at radius 1 is 0.850 bits per heavy atom. The van der Waals surface area contributed by atoms with Crippen LogP contribution in [0.2, 0.25) is 0 Å². The minimum atomic E-state index is 1.04. The molecule has 0 aliphatic carbocycles. The monoisotopic (exact) mass is 265 g/mol. The summed E-state index contributed by atoms with van der Waals surface area (Å²) in [4.78, 5) is 2.07. The van der Waals surface area contributed by atoms with E-state index in [-0.39, 0.29) is 0 Å². The summed E-state index contributed by atoms with van der Waals surface area (Å²) in [5.74, 6) is 0. The van der Waals surface area contributed by atoms with Crippen LogP contribution in [0.3, 0.4) is 0 Å². The minimum Gasteiger partial charge on any atom is -0.378 e. The molecule has 0 bridgehead atoms. The molecule has 0 aromatic heterocycles. The molecule has 0 aliphatic heterocycles. The van der Waals surface area contributed by atoms with Gasteiger partial charge in [0.15, 0.2) is 0 Å². The first-order valence-corrected chi connectivity index (χ1v) is 6.55. The first-order valence-electron chi connectivity index (χ1n) is 6.55. The number of anilines is 1. The third-order valence-electron chi connectivity index (χ3n) is 2.93. The van der Waals surface area contributed by atoms with Crippen molar-refractivity contribution in [1.82, 2.24) is 0 Å². The van der Waals surface area contributed by atoms with Crippen molar-refractivity contribution in [1.29, 1.82) is 0 Å². The molecule has 0 spiro atoms. The third-order valence-corrected chi connectivity index (χ3v) is 2.93. The highest BCUT2D eigenvalue weighted by molar-refractivity contribution is 5.83. The van der Waals surface area contributed by atoms with Gasteiger partial charge in [-0.3, -0.25) is 0 Å². The second kappa shape index (κ2) is 6.66. The molecule has 0 saturated heterocycles. The minimum absolute atomic E-state index is 1.04. The van der Waals surface area contributed by atoms with Crippen molar-refractivity contribution in [2.45, 2.75) is 6.92 Å². The Labute approximate surface area is 120 Å². The van der Waals surface area contributed by atoms with Crippen LogP contribution in [0.5, 0.6) is 0 Å². The zero-order chi connectivity index (χ0) is 14.4. The summed E-state index contributed by atoms with van der Waals surface area (Å²) in [6, 6.07) is 16.3. The largest absolute Gasteiger partial charge is 0.378 e. The Kier molecular flexibility index (Phi) is 4.66. The van der Waals surface area contributed by atoms with Crippen molar-refractivity contribution in [3.63, 3.8) is 0 Å². The molecule has 0 atom stereocenters. The number of benzene rings is 2. The second-order valence-corrected chi connectivity index (χ2v) is 4.89. The van der Waals surface area contributed by atoms with E-state index in [9.17, 15) is 0 Å². The fraction of sp³-hybridized carbons (Fsp3) is 0.176. The predicted octanol–water partition coefficient (Wildman–Crippen LogP) is 3.51. The smallest absolute Gasteiger partial charge is 0.0568 e. The van der Waals surface area contributed by atoms with Gasteiger partial charge in [-0.25, -0.2) is 0 Å². The molecule has 3 heteroatoms. The van der Waals surface area contributed by atoms with E-state index < -0.39 is 0 Å². The number of nitrogens with zero attached hydrogens (tertiary/aromatic N) is 3. The molecule has 0 unspecified atom stereocenters. The van der Waals surface area contributed by atoms with Crippen LogP contribution in [0, 0.1) is 6.92 Å². The van der Waals surface area contributed by atoms with Crippen LogP contribution in [0.1, 0.15) is 16.7 Å². The van der Waals surface area contributed by atoms with Crippen LogP contribution in [0.25, 0.3) is 0 Å². The van der Waals surface area contributed by atoms with Crippen molar-refractivity contribution in [2.75, 3.05) is 19.0 Å². The lowest BCUT2D eigenvalue weighted by molar-refractivity contribution is 1.13. The zero-order valence-electron chi connectivity index (χ0n) is 12.1. The predicted molar refractivity (Wildman–Crippen MR) is 87.1 cm³/mol. The highest BCUT2D eigenvalue weighted by Gasteiger charge is 1.93. The van der Waals surface area contributed by atoms with E-state index in [1.54, 1.807) is 12.4 Å². The van der Waals surface area contributed by atoms with Gasteiger partial charge in [-0.05, 0) is 30.2 Å². The summed E-state index contributed by atoms with van der Waals surface area (Å²) >= 11 is 0. The average Bonchev–Trinajstić information content (AvgIpc) is 2.44.